The zero-order chi connectivity index (χ0) is 24.5. The van der Waals surface area contributed by atoms with Crippen LogP contribution in [-0.2, 0) is 5.67 Å². The van der Waals surface area contributed by atoms with Gasteiger partial charge in [0.1, 0.15) is 23.7 Å². The number of pyridine rings is 1. The molecule has 0 spiro atoms. The van der Waals surface area contributed by atoms with Crippen LogP contribution in [0.25, 0.3) is 10.9 Å². The first kappa shape index (κ1) is 24.1. The van der Waals surface area contributed by atoms with Crippen molar-refractivity contribution in [3.05, 3.63) is 47.9 Å². The summed E-state index contributed by atoms with van der Waals surface area (Å²) in [5.74, 6) is -0.0722. The summed E-state index contributed by atoms with van der Waals surface area (Å²) < 4.78 is 22.3. The maximum atomic E-state index is 14.4. The summed E-state index contributed by atoms with van der Waals surface area (Å²) in [6.07, 6.45) is 7.87. The number of fused-ring (bicyclic) bond motifs is 1. The summed E-state index contributed by atoms with van der Waals surface area (Å²) in [5, 5.41) is 18.6. The molecule has 0 radical (unpaired) electrons. The van der Waals surface area contributed by atoms with E-state index < -0.39 is 17.2 Å². The molecule has 0 bridgehead atoms. The number of hydrogen-bond donors (Lipinski definition) is 2. The van der Waals surface area contributed by atoms with E-state index in [-0.39, 0.29) is 18.0 Å². The number of nitrogens with one attached hydrogen (secondary N) is 1. The van der Waals surface area contributed by atoms with Gasteiger partial charge in [0.25, 0.3) is 5.91 Å². The molecule has 34 heavy (non-hydrogen) atoms. The van der Waals surface area contributed by atoms with Crippen LogP contribution in [0.3, 0.4) is 0 Å². The van der Waals surface area contributed by atoms with Gasteiger partial charge in [-0.3, -0.25) is 9.48 Å². The van der Waals surface area contributed by atoms with Gasteiger partial charge in [0.15, 0.2) is 0 Å². The summed E-state index contributed by atoms with van der Waals surface area (Å²) in [6.45, 7) is 6.13. The molecule has 1 amide bonds. The van der Waals surface area contributed by atoms with Crippen molar-refractivity contribution >= 4 is 22.5 Å². The van der Waals surface area contributed by atoms with E-state index in [0.717, 1.165) is 23.7 Å². The van der Waals surface area contributed by atoms with Crippen molar-refractivity contribution in [1.29, 1.82) is 0 Å². The monoisotopic (exact) mass is 468 g/mol. The number of anilines is 1. The van der Waals surface area contributed by atoms with Gasteiger partial charge in [-0.05, 0) is 58.7 Å². The number of benzene rings is 1. The molecule has 1 aliphatic carbocycles. The predicted octanol–water partition coefficient (Wildman–Crippen LogP) is 5.54. The standard InChI is InChI=1S/C26H33FN4O3/c1-25(2,33)16-34-22-14-20-17(15-31(30-20)18-9-6-5-7-10-18)13-21(22)29-24(32)19-11-8-12-23(28-19)26(3,4)27/h8,11-15,18,33H,5-7,9-10,16H2,1-4H3,(H,29,32). The minimum Gasteiger partial charge on any atom is -0.488 e. The van der Waals surface area contributed by atoms with Crippen molar-refractivity contribution in [2.24, 2.45) is 0 Å². The van der Waals surface area contributed by atoms with Gasteiger partial charge in [0.2, 0.25) is 0 Å². The van der Waals surface area contributed by atoms with Crippen molar-refractivity contribution in [1.82, 2.24) is 14.8 Å². The average molecular weight is 469 g/mol. The van der Waals surface area contributed by atoms with Gasteiger partial charge in [-0.25, -0.2) is 9.37 Å². The SMILES string of the molecule is CC(C)(O)COc1cc2nn(C3CCCCC3)cc2cc1NC(=O)c1cccc(C(C)(C)F)n1. The molecule has 4 rings (SSSR count). The number of hydrogen-bond acceptors (Lipinski definition) is 5. The largest absolute Gasteiger partial charge is 0.488 e. The fraction of sp³-hybridized carbons (Fsp3) is 0.500. The number of halogens is 1. The van der Waals surface area contributed by atoms with E-state index in [1.165, 1.54) is 33.1 Å². The van der Waals surface area contributed by atoms with E-state index in [1.807, 2.05) is 16.9 Å². The van der Waals surface area contributed by atoms with Crippen LogP contribution in [0, 0.1) is 0 Å². The van der Waals surface area contributed by atoms with Gasteiger partial charge < -0.3 is 15.2 Å². The minimum atomic E-state index is -1.66. The summed E-state index contributed by atoms with van der Waals surface area (Å²) >= 11 is 0. The molecule has 2 heterocycles. The van der Waals surface area contributed by atoms with E-state index in [9.17, 15) is 14.3 Å². The van der Waals surface area contributed by atoms with Crippen LogP contribution in [0.5, 0.6) is 5.75 Å². The Morgan fingerprint density at radius 3 is 2.62 bits per heavy atom. The van der Waals surface area contributed by atoms with E-state index >= 15 is 0 Å². The Hall–Kier alpha value is -3.00. The molecule has 0 unspecified atom stereocenters. The molecule has 3 aromatic rings. The van der Waals surface area contributed by atoms with Crippen LogP contribution in [-0.4, -0.2) is 38.0 Å². The predicted molar refractivity (Wildman–Crippen MR) is 130 cm³/mol. The first-order chi connectivity index (χ1) is 16.0. The Kier molecular flexibility index (Phi) is 6.62. The third kappa shape index (κ3) is 5.73. The summed E-state index contributed by atoms with van der Waals surface area (Å²) in [4.78, 5) is 17.2. The third-order valence-corrected chi connectivity index (χ3v) is 5.99. The average Bonchev–Trinajstić information content (AvgIpc) is 3.20. The number of ether oxygens (including phenoxy) is 1. The number of rotatable bonds is 7. The fourth-order valence-electron chi connectivity index (χ4n) is 4.15. The second kappa shape index (κ2) is 9.33. The van der Waals surface area contributed by atoms with Crippen molar-refractivity contribution < 1.29 is 19.0 Å². The molecule has 2 aromatic heterocycles. The van der Waals surface area contributed by atoms with Crippen LogP contribution in [0.2, 0.25) is 0 Å². The first-order valence-corrected chi connectivity index (χ1v) is 11.9. The quantitative estimate of drug-likeness (QED) is 0.475. The second-order valence-electron chi connectivity index (χ2n) is 10.2. The number of aliphatic hydroxyl groups is 1. The first-order valence-electron chi connectivity index (χ1n) is 11.9. The van der Waals surface area contributed by atoms with Crippen molar-refractivity contribution in [2.45, 2.75) is 77.1 Å². The zero-order valence-electron chi connectivity index (χ0n) is 20.3. The maximum Gasteiger partial charge on any atom is 0.274 e. The smallest absolute Gasteiger partial charge is 0.274 e. The highest BCUT2D eigenvalue weighted by atomic mass is 19.1. The van der Waals surface area contributed by atoms with Crippen LogP contribution in [0.1, 0.15) is 82.0 Å². The molecule has 1 saturated carbocycles. The lowest BCUT2D eigenvalue weighted by Gasteiger charge is -2.21. The lowest BCUT2D eigenvalue weighted by Crippen LogP contribution is -2.28. The van der Waals surface area contributed by atoms with Gasteiger partial charge in [-0.15, -0.1) is 0 Å². The van der Waals surface area contributed by atoms with Gasteiger partial charge >= 0.3 is 0 Å². The van der Waals surface area contributed by atoms with Crippen molar-refractivity contribution in [3.8, 4) is 5.75 Å². The number of alkyl halides is 1. The molecule has 0 saturated heterocycles. The van der Waals surface area contributed by atoms with Gasteiger partial charge in [0.05, 0.1) is 28.5 Å². The Morgan fingerprint density at radius 1 is 1.21 bits per heavy atom. The lowest BCUT2D eigenvalue weighted by molar-refractivity contribution is 0.0288. The number of carbonyl (C=O) groups excluding carboxylic acids is 1. The second-order valence-corrected chi connectivity index (χ2v) is 10.2. The highest BCUT2D eigenvalue weighted by Crippen LogP contribution is 2.34. The highest BCUT2D eigenvalue weighted by Gasteiger charge is 2.23. The molecular formula is C26H33FN4O3. The Labute approximate surface area is 199 Å². The molecule has 7 nitrogen and oxygen atoms in total. The molecule has 8 heteroatoms. The normalized spacial score (nSPS) is 15.5. The third-order valence-electron chi connectivity index (χ3n) is 5.99. The van der Waals surface area contributed by atoms with Crippen LogP contribution in [0.15, 0.2) is 36.5 Å². The van der Waals surface area contributed by atoms with E-state index in [2.05, 4.69) is 10.3 Å². The maximum absolute atomic E-state index is 14.4. The summed E-state index contributed by atoms with van der Waals surface area (Å²) in [7, 11) is 0. The van der Waals surface area contributed by atoms with E-state index in [0.29, 0.717) is 17.5 Å². The number of aromatic nitrogens is 3. The topological polar surface area (TPSA) is 89.3 Å². The Balaban J connectivity index is 1.66. The molecule has 1 aliphatic rings. The van der Waals surface area contributed by atoms with E-state index in [4.69, 9.17) is 9.84 Å². The van der Waals surface area contributed by atoms with Crippen LogP contribution < -0.4 is 10.1 Å². The van der Waals surface area contributed by atoms with Crippen molar-refractivity contribution in [2.75, 3.05) is 11.9 Å². The van der Waals surface area contributed by atoms with Crippen LogP contribution >= 0.6 is 0 Å². The number of nitrogens with zero attached hydrogens (tertiary/aromatic N) is 3. The number of amides is 1. The zero-order valence-corrected chi connectivity index (χ0v) is 20.3. The lowest BCUT2D eigenvalue weighted by atomic mass is 9.96. The van der Waals surface area contributed by atoms with Gasteiger partial charge in [-0.2, -0.15) is 5.10 Å². The molecule has 1 fully saturated rings. The molecule has 2 N–H and O–H groups in total. The molecule has 1 aromatic carbocycles. The number of carbonyl (C=O) groups is 1. The van der Waals surface area contributed by atoms with Gasteiger partial charge in [0, 0.05) is 17.6 Å². The molecule has 182 valence electrons. The molecule has 0 aliphatic heterocycles. The summed E-state index contributed by atoms with van der Waals surface area (Å²) in [5.41, 5.74) is -1.23. The fourth-order valence-corrected chi connectivity index (χ4v) is 4.15. The minimum absolute atomic E-state index is 0.0362. The van der Waals surface area contributed by atoms with E-state index in [1.54, 1.807) is 38.1 Å². The summed E-state index contributed by atoms with van der Waals surface area (Å²) in [6, 6.07) is 8.69. The molecule has 0 atom stereocenters. The highest BCUT2D eigenvalue weighted by molar-refractivity contribution is 6.05. The van der Waals surface area contributed by atoms with Crippen molar-refractivity contribution in [3.63, 3.8) is 0 Å². The Morgan fingerprint density at radius 2 is 1.94 bits per heavy atom. The van der Waals surface area contributed by atoms with Crippen LogP contribution in [0.4, 0.5) is 10.1 Å². The van der Waals surface area contributed by atoms with Gasteiger partial charge in [-0.1, -0.05) is 25.3 Å². The Bertz CT molecular complexity index is 1170. The molecular weight excluding hydrogens is 435 g/mol.